The first-order chi connectivity index (χ1) is 10.2. The molecule has 0 saturated heterocycles. The maximum atomic E-state index is 4.31. The molecule has 21 heavy (non-hydrogen) atoms. The number of nitrogens with zero attached hydrogens (tertiary/aromatic N) is 3. The van der Waals surface area contributed by atoms with Crippen LogP contribution in [-0.4, -0.2) is 14.8 Å². The van der Waals surface area contributed by atoms with Crippen LogP contribution in [0.15, 0.2) is 46.2 Å². The van der Waals surface area contributed by atoms with Crippen molar-refractivity contribution in [3.05, 3.63) is 63.6 Å². The first kappa shape index (κ1) is 14.4. The Kier molecular flexibility index (Phi) is 4.41. The van der Waals surface area contributed by atoms with Crippen LogP contribution in [0.25, 0.3) is 0 Å². The topological polar surface area (TPSA) is 30.7 Å². The zero-order chi connectivity index (χ0) is 14.7. The van der Waals surface area contributed by atoms with Crippen LogP contribution < -0.4 is 0 Å². The van der Waals surface area contributed by atoms with E-state index in [0.29, 0.717) is 0 Å². The van der Waals surface area contributed by atoms with Gasteiger partial charge in [0.25, 0.3) is 0 Å². The number of rotatable bonds is 5. The highest BCUT2D eigenvalue weighted by atomic mass is 32.2. The molecule has 0 aliphatic carbocycles. The molecule has 2 aromatic heterocycles. The van der Waals surface area contributed by atoms with Crippen molar-refractivity contribution in [2.45, 2.75) is 24.3 Å². The minimum atomic E-state index is 0.845. The third-order valence-electron chi connectivity index (χ3n) is 3.36. The fraction of sp³-hybridized carbons (Fsp3) is 0.250. The van der Waals surface area contributed by atoms with E-state index in [1.807, 2.05) is 7.05 Å². The van der Waals surface area contributed by atoms with E-state index in [9.17, 15) is 0 Å². The molecule has 0 aliphatic heterocycles. The van der Waals surface area contributed by atoms with Crippen LogP contribution in [0.3, 0.4) is 0 Å². The number of aromatic nitrogens is 3. The van der Waals surface area contributed by atoms with E-state index in [0.717, 1.165) is 23.2 Å². The van der Waals surface area contributed by atoms with Crippen molar-refractivity contribution in [3.63, 3.8) is 0 Å². The third kappa shape index (κ3) is 3.54. The van der Waals surface area contributed by atoms with Gasteiger partial charge in [-0.25, -0.2) is 0 Å². The minimum absolute atomic E-state index is 0.845. The zero-order valence-corrected chi connectivity index (χ0v) is 13.7. The Balaban J connectivity index is 1.66. The molecule has 2 heterocycles. The van der Waals surface area contributed by atoms with Crippen LogP contribution in [0.1, 0.15) is 22.5 Å². The van der Waals surface area contributed by atoms with E-state index < -0.39 is 0 Å². The lowest BCUT2D eigenvalue weighted by Crippen LogP contribution is -1.99. The second-order valence-electron chi connectivity index (χ2n) is 5.04. The number of aryl methyl sites for hydroxylation is 1. The van der Waals surface area contributed by atoms with Crippen molar-refractivity contribution in [1.29, 1.82) is 0 Å². The summed E-state index contributed by atoms with van der Waals surface area (Å²) in [4.78, 5) is 0. The first-order valence-electron chi connectivity index (χ1n) is 6.80. The molecule has 5 heteroatoms. The van der Waals surface area contributed by atoms with Gasteiger partial charge in [-0.1, -0.05) is 41.6 Å². The van der Waals surface area contributed by atoms with Gasteiger partial charge in [-0.05, 0) is 34.9 Å². The van der Waals surface area contributed by atoms with E-state index in [-0.39, 0.29) is 0 Å². The quantitative estimate of drug-likeness (QED) is 0.665. The van der Waals surface area contributed by atoms with Gasteiger partial charge in [0.1, 0.15) is 5.82 Å². The summed E-state index contributed by atoms with van der Waals surface area (Å²) in [6, 6.07) is 10.8. The summed E-state index contributed by atoms with van der Waals surface area (Å²) < 4.78 is 2.09. The van der Waals surface area contributed by atoms with E-state index >= 15 is 0 Å². The second kappa shape index (κ2) is 6.45. The average Bonchev–Trinajstić information content (AvgIpc) is 3.11. The largest absolute Gasteiger partial charge is 0.309 e. The van der Waals surface area contributed by atoms with Gasteiger partial charge in [-0.15, -0.1) is 10.2 Å². The summed E-state index contributed by atoms with van der Waals surface area (Å²) >= 11 is 3.45. The molecular weight excluding hydrogens is 298 g/mol. The Bertz CT molecular complexity index is 700. The van der Waals surface area contributed by atoms with Crippen LogP contribution in [-0.2, 0) is 19.2 Å². The molecular formula is C16H17N3S2. The number of benzene rings is 1. The molecule has 3 rings (SSSR count). The fourth-order valence-electron chi connectivity index (χ4n) is 2.03. The van der Waals surface area contributed by atoms with Crippen molar-refractivity contribution in [2.24, 2.45) is 7.05 Å². The van der Waals surface area contributed by atoms with Gasteiger partial charge < -0.3 is 4.57 Å². The Hall–Kier alpha value is -1.59. The molecule has 108 valence electrons. The van der Waals surface area contributed by atoms with Crippen LogP contribution in [0.4, 0.5) is 0 Å². The number of thioether (sulfide) groups is 1. The molecule has 3 nitrogen and oxygen atoms in total. The van der Waals surface area contributed by atoms with Crippen molar-refractivity contribution >= 4 is 23.1 Å². The highest BCUT2D eigenvalue weighted by Crippen LogP contribution is 2.22. The first-order valence-corrected chi connectivity index (χ1v) is 8.73. The summed E-state index contributed by atoms with van der Waals surface area (Å²) in [6.07, 6.45) is 0.845. The maximum Gasteiger partial charge on any atom is 0.191 e. The Morgan fingerprint density at radius 1 is 1.10 bits per heavy atom. The highest BCUT2D eigenvalue weighted by molar-refractivity contribution is 7.98. The summed E-state index contributed by atoms with van der Waals surface area (Å²) in [6.45, 7) is 2.11. The minimum Gasteiger partial charge on any atom is -0.309 e. The molecule has 1 aromatic carbocycles. The molecule has 3 aromatic rings. The highest BCUT2D eigenvalue weighted by Gasteiger charge is 2.10. The molecule has 0 spiro atoms. The Morgan fingerprint density at radius 2 is 1.90 bits per heavy atom. The lowest BCUT2D eigenvalue weighted by atomic mass is 10.2. The molecule has 0 saturated carbocycles. The van der Waals surface area contributed by atoms with Crippen LogP contribution in [0, 0.1) is 6.92 Å². The Labute approximate surface area is 133 Å². The summed E-state index contributed by atoms with van der Waals surface area (Å²) in [7, 11) is 2.04. The van der Waals surface area contributed by atoms with Crippen molar-refractivity contribution < 1.29 is 0 Å². The molecule has 0 unspecified atom stereocenters. The molecule has 0 bridgehead atoms. The molecule has 0 radical (unpaired) electrons. The second-order valence-corrected chi connectivity index (χ2v) is 6.76. The lowest BCUT2D eigenvalue weighted by Gasteiger charge is -2.04. The van der Waals surface area contributed by atoms with Gasteiger partial charge in [0.15, 0.2) is 5.16 Å². The molecule has 0 aliphatic rings. The van der Waals surface area contributed by atoms with Gasteiger partial charge >= 0.3 is 0 Å². The normalized spacial score (nSPS) is 11.0. The molecule has 0 fully saturated rings. The average molecular weight is 315 g/mol. The lowest BCUT2D eigenvalue weighted by molar-refractivity contribution is 0.749. The fourth-order valence-corrected chi connectivity index (χ4v) is 3.59. The predicted molar refractivity (Wildman–Crippen MR) is 88.9 cm³/mol. The van der Waals surface area contributed by atoms with Crippen LogP contribution >= 0.6 is 23.1 Å². The van der Waals surface area contributed by atoms with Crippen LogP contribution in [0.5, 0.6) is 0 Å². The SMILES string of the molecule is Cc1ccc(CSc2nnc(Cc3ccsc3)n2C)cc1. The zero-order valence-electron chi connectivity index (χ0n) is 12.1. The van der Waals surface area contributed by atoms with Gasteiger partial charge in [-0.3, -0.25) is 0 Å². The third-order valence-corrected chi connectivity index (χ3v) is 5.18. The summed E-state index contributed by atoms with van der Waals surface area (Å²) in [5.41, 5.74) is 3.90. The van der Waals surface area contributed by atoms with E-state index in [1.54, 1.807) is 23.1 Å². The van der Waals surface area contributed by atoms with Gasteiger partial charge in [0.05, 0.1) is 0 Å². The van der Waals surface area contributed by atoms with Crippen LogP contribution in [0.2, 0.25) is 0 Å². The smallest absolute Gasteiger partial charge is 0.191 e. The molecule has 0 amide bonds. The van der Waals surface area contributed by atoms with Crippen molar-refractivity contribution in [3.8, 4) is 0 Å². The standard InChI is InChI=1S/C16H17N3S2/c1-12-3-5-13(6-4-12)11-21-16-18-17-15(19(16)2)9-14-7-8-20-10-14/h3-8,10H,9,11H2,1-2H3. The van der Waals surface area contributed by atoms with E-state index in [2.05, 4.69) is 62.8 Å². The summed E-state index contributed by atoms with van der Waals surface area (Å²) in [5.74, 6) is 1.94. The van der Waals surface area contributed by atoms with Crippen molar-refractivity contribution in [2.75, 3.05) is 0 Å². The summed E-state index contributed by atoms with van der Waals surface area (Å²) in [5, 5.41) is 13.9. The van der Waals surface area contributed by atoms with E-state index in [1.165, 1.54) is 16.7 Å². The number of thiophene rings is 1. The number of hydrogen-bond donors (Lipinski definition) is 0. The van der Waals surface area contributed by atoms with Gasteiger partial charge in [-0.2, -0.15) is 11.3 Å². The number of hydrogen-bond acceptors (Lipinski definition) is 4. The maximum absolute atomic E-state index is 4.31. The molecule has 0 atom stereocenters. The van der Waals surface area contributed by atoms with E-state index in [4.69, 9.17) is 0 Å². The Morgan fingerprint density at radius 3 is 2.62 bits per heavy atom. The molecule has 0 N–H and O–H groups in total. The van der Waals surface area contributed by atoms with Gasteiger partial charge in [0.2, 0.25) is 0 Å². The predicted octanol–water partition coefficient (Wildman–Crippen LogP) is 4.07. The van der Waals surface area contributed by atoms with Crippen molar-refractivity contribution in [1.82, 2.24) is 14.8 Å². The van der Waals surface area contributed by atoms with Gasteiger partial charge in [0, 0.05) is 19.2 Å². The monoisotopic (exact) mass is 315 g/mol.